The van der Waals surface area contributed by atoms with E-state index in [0.29, 0.717) is 30.4 Å². The van der Waals surface area contributed by atoms with E-state index in [-0.39, 0.29) is 102 Å². The number of aliphatic carboxylic acids is 2. The monoisotopic (exact) mass is 1160 g/mol. The number of carbonyl (C=O) groups is 11. The van der Waals surface area contributed by atoms with Crippen molar-refractivity contribution in [2.75, 3.05) is 45.9 Å². The predicted molar refractivity (Wildman–Crippen MR) is 301 cm³/mol. The molecule has 0 aliphatic carbocycles. The topological polar surface area (TPSA) is 459 Å². The Morgan fingerprint density at radius 2 is 0.880 bits per heavy atom. The van der Waals surface area contributed by atoms with Crippen molar-refractivity contribution >= 4 is 77.0 Å². The maximum Gasteiger partial charge on any atom is 0.300 e. The highest BCUT2D eigenvalue weighted by Gasteiger charge is 2.45. The predicted octanol–water partition coefficient (Wildman–Crippen LogP) is -3.72. The first-order chi connectivity index (χ1) is 39.5. The van der Waals surface area contributed by atoms with E-state index in [1.54, 1.807) is 60.7 Å². The van der Waals surface area contributed by atoms with Gasteiger partial charge < -0.3 is 84.9 Å². The first-order valence-corrected chi connectivity index (χ1v) is 27.4. The number of rotatable bonds is 13. The van der Waals surface area contributed by atoms with Crippen LogP contribution in [0, 0.1) is 0 Å². The van der Waals surface area contributed by atoms with Crippen molar-refractivity contribution in [3.8, 4) is 0 Å². The van der Waals surface area contributed by atoms with Gasteiger partial charge in [-0.1, -0.05) is 60.7 Å². The number of aliphatic hydroxyl groups is 1. The second kappa shape index (κ2) is 33.8. The maximum atomic E-state index is 14.7. The molecule has 0 radical (unpaired) electrons. The largest absolute Gasteiger partial charge is 0.481 e. The summed E-state index contributed by atoms with van der Waals surface area (Å²) in [7, 11) is 0. The summed E-state index contributed by atoms with van der Waals surface area (Å²) in [6, 6.07) is 7.55. The summed E-state index contributed by atoms with van der Waals surface area (Å²) in [5.41, 5.74) is 23.6. The van der Waals surface area contributed by atoms with Crippen molar-refractivity contribution < 1.29 is 68.1 Å². The molecule has 0 saturated carbocycles. The zero-order valence-electron chi connectivity index (χ0n) is 46.7. The minimum atomic E-state index is -1.56. The standard InChI is InChI=1S/C50H71N15O10.2C2H4O2/c51-49(52)55-21-7-16-32-41(68)60-33(17-8-22-56-50(53)54)46(73)65-25-11-20-39(65)48(75)64-24-9-18-37(64)44(71)57-28-40(67)58-34(26-30-12-3-1-4-13-30)42(69)62-36(29-66)47(74)63-23-10-19-38(63)45(72)61-35(43(70)59-32)27-31-14-5-2-6-15-31;2*1-2(3)4/h1-6,12-15,32-39,66H,7-11,16-29H2,(H,57,71)(H,58,67)(H,59,70)(H,60,68)(H,61,72)(H,62,69)(H4,51,52,55)(H4,53,54,56);2*1H3,(H,3,4)/t32-,33-,34-,35-,36-,37-,38-,39-;;/m0../s1. The van der Waals surface area contributed by atoms with Crippen molar-refractivity contribution in [1.29, 1.82) is 0 Å². The fourth-order valence-corrected chi connectivity index (χ4v) is 9.94. The highest BCUT2D eigenvalue weighted by Crippen LogP contribution is 2.27. The molecule has 6 rings (SSSR count). The van der Waals surface area contributed by atoms with Crippen LogP contribution in [0.5, 0.6) is 0 Å². The van der Waals surface area contributed by atoms with Crippen LogP contribution in [0.3, 0.4) is 0 Å². The van der Waals surface area contributed by atoms with Crippen LogP contribution >= 0.6 is 0 Å². The zero-order chi connectivity index (χ0) is 61.2. The summed E-state index contributed by atoms with van der Waals surface area (Å²) in [5, 5.41) is 41.6. The summed E-state index contributed by atoms with van der Waals surface area (Å²) in [6.07, 6.45) is 2.21. The van der Waals surface area contributed by atoms with Crippen molar-refractivity contribution in [3.05, 3.63) is 71.8 Å². The number of fused-ring (bicyclic) bond motifs is 3. The molecule has 2 aromatic rings. The Labute approximate surface area is 480 Å². The number of hydrogen-bond donors (Lipinski definition) is 13. The first kappa shape index (κ1) is 66.6. The summed E-state index contributed by atoms with van der Waals surface area (Å²) in [4.78, 5) is 158. The minimum Gasteiger partial charge on any atom is -0.481 e. The molecule has 4 aliphatic heterocycles. The third-order valence-electron chi connectivity index (χ3n) is 13.7. The highest BCUT2D eigenvalue weighted by atomic mass is 16.4. The van der Waals surface area contributed by atoms with Crippen LogP contribution in [-0.4, -0.2) is 201 Å². The van der Waals surface area contributed by atoms with E-state index in [4.69, 9.17) is 42.7 Å². The molecule has 83 heavy (non-hydrogen) atoms. The van der Waals surface area contributed by atoms with Crippen LogP contribution in [0.2, 0.25) is 0 Å². The Morgan fingerprint density at radius 3 is 1.36 bits per heavy atom. The molecule has 4 saturated heterocycles. The van der Waals surface area contributed by atoms with Gasteiger partial charge in [0, 0.05) is 59.4 Å². The zero-order valence-corrected chi connectivity index (χ0v) is 46.7. The van der Waals surface area contributed by atoms with Gasteiger partial charge in [-0.15, -0.1) is 0 Å². The highest BCUT2D eigenvalue weighted by molar-refractivity contribution is 5.99. The van der Waals surface area contributed by atoms with E-state index in [9.17, 15) is 48.3 Å². The number of amides is 9. The van der Waals surface area contributed by atoms with Crippen LogP contribution in [0.1, 0.15) is 89.2 Å². The molecule has 8 atom stereocenters. The van der Waals surface area contributed by atoms with Crippen LogP contribution in [0.15, 0.2) is 70.6 Å². The van der Waals surface area contributed by atoms with Gasteiger partial charge >= 0.3 is 0 Å². The molecule has 2 aromatic carbocycles. The number of nitrogens with two attached hydrogens (primary N) is 4. The van der Waals surface area contributed by atoms with E-state index in [1.165, 1.54) is 14.7 Å². The summed E-state index contributed by atoms with van der Waals surface area (Å²) in [5.74, 6) is -8.42. The molecule has 0 unspecified atom stereocenters. The van der Waals surface area contributed by atoms with Gasteiger partial charge in [-0.2, -0.15) is 0 Å². The normalized spacial score (nSPS) is 23.9. The van der Waals surface area contributed by atoms with Gasteiger partial charge in [0.25, 0.3) is 11.9 Å². The van der Waals surface area contributed by atoms with E-state index < -0.39 is 127 Å². The Hall–Kier alpha value is -8.89. The number of aliphatic imine (C=N–C) groups is 2. The first-order valence-electron chi connectivity index (χ1n) is 27.4. The molecule has 0 spiro atoms. The van der Waals surface area contributed by atoms with Gasteiger partial charge in [-0.3, -0.25) is 62.7 Å². The minimum absolute atomic E-state index is 0.0119. The molecule has 454 valence electrons. The lowest BCUT2D eigenvalue weighted by molar-refractivity contribution is -0.148. The number of benzene rings is 2. The Balaban J connectivity index is 0.00000173. The third-order valence-corrected chi connectivity index (χ3v) is 13.7. The van der Waals surface area contributed by atoms with Gasteiger partial charge in [0.2, 0.25) is 53.2 Å². The quantitative estimate of drug-likeness (QED) is 0.0521. The second-order valence-electron chi connectivity index (χ2n) is 20.1. The van der Waals surface area contributed by atoms with Crippen molar-refractivity contribution in [3.63, 3.8) is 0 Å². The van der Waals surface area contributed by atoms with Gasteiger partial charge in [0.15, 0.2) is 11.9 Å². The molecular formula is C54H79N15O14. The fraction of sp³-hybridized carbons (Fsp3) is 0.537. The van der Waals surface area contributed by atoms with E-state index in [0.717, 1.165) is 13.8 Å². The third kappa shape index (κ3) is 21.8. The fourth-order valence-electron chi connectivity index (χ4n) is 9.94. The number of carbonyl (C=O) groups excluding carboxylic acids is 9. The number of nitrogens with one attached hydrogen (secondary N) is 6. The van der Waals surface area contributed by atoms with Crippen molar-refractivity contribution in [1.82, 2.24) is 46.6 Å². The Morgan fingerprint density at radius 1 is 0.506 bits per heavy atom. The molecule has 9 amide bonds. The summed E-state index contributed by atoms with van der Waals surface area (Å²) in [6.45, 7) is 1.28. The molecule has 0 aromatic heterocycles. The number of aliphatic hydroxyl groups excluding tert-OH is 1. The van der Waals surface area contributed by atoms with Crippen LogP contribution < -0.4 is 54.8 Å². The lowest BCUT2D eigenvalue weighted by Crippen LogP contribution is -2.60. The molecule has 4 aliphatic rings. The van der Waals surface area contributed by atoms with Crippen molar-refractivity contribution in [2.45, 2.75) is 139 Å². The SMILES string of the molecule is CC(=O)O.CC(=O)O.NC(N)=NCCC[C@@H]1NC(=O)[C@H](Cc2ccccc2)NC(=O)[C@@H]2CCCN2C(=O)[C@H](CO)NC(=O)[C@H](Cc2ccccc2)NC(=O)CNC(=O)[C@@H]2CCCN2C(=O)[C@@H]2CCCN2C(=O)[C@H](CCCN=C(N)N)NC1=O. The molecule has 4 fully saturated rings. The van der Waals surface area contributed by atoms with Gasteiger partial charge in [0.1, 0.15) is 48.3 Å². The average molecular weight is 1160 g/mol. The van der Waals surface area contributed by atoms with E-state index in [1.807, 2.05) is 0 Å². The van der Waals surface area contributed by atoms with Crippen LogP contribution in [0.25, 0.3) is 0 Å². The van der Waals surface area contributed by atoms with Gasteiger partial charge in [0.05, 0.1) is 13.2 Å². The van der Waals surface area contributed by atoms with Crippen LogP contribution in [0.4, 0.5) is 0 Å². The average Bonchev–Trinajstić information content (AvgIpc) is 4.38. The Bertz CT molecular complexity index is 2620. The van der Waals surface area contributed by atoms with Gasteiger partial charge in [-0.25, -0.2) is 0 Å². The number of carboxylic acids is 2. The number of hydrogen-bond acceptors (Lipinski definition) is 14. The summed E-state index contributed by atoms with van der Waals surface area (Å²) < 4.78 is 0. The van der Waals surface area contributed by atoms with Crippen LogP contribution in [-0.2, 0) is 65.6 Å². The number of carboxylic acid groups (broad SMARTS) is 2. The number of guanidine groups is 2. The molecule has 4 heterocycles. The Kier molecular flexibility index (Phi) is 27.1. The lowest BCUT2D eigenvalue weighted by atomic mass is 10.0. The van der Waals surface area contributed by atoms with Gasteiger partial charge in [-0.05, 0) is 75.3 Å². The summed E-state index contributed by atoms with van der Waals surface area (Å²) >= 11 is 0. The molecule has 29 nitrogen and oxygen atoms in total. The van der Waals surface area contributed by atoms with Crippen molar-refractivity contribution in [2.24, 2.45) is 32.9 Å². The molecule has 29 heteroatoms. The smallest absolute Gasteiger partial charge is 0.300 e. The molecule has 0 bridgehead atoms. The maximum absolute atomic E-state index is 14.7. The second-order valence-corrected chi connectivity index (χ2v) is 20.1. The lowest BCUT2D eigenvalue weighted by Gasteiger charge is -2.33. The molecular weight excluding hydrogens is 1080 g/mol. The number of nitrogens with zero attached hydrogens (tertiary/aromatic N) is 5. The van der Waals surface area contributed by atoms with E-state index >= 15 is 0 Å². The molecule has 17 N–H and O–H groups in total. The van der Waals surface area contributed by atoms with E-state index in [2.05, 4.69) is 41.9 Å².